The molecule has 0 saturated heterocycles. The van der Waals surface area contributed by atoms with E-state index in [1.165, 1.54) is 11.8 Å². The second-order valence-electron chi connectivity index (χ2n) is 3.17. The van der Waals surface area contributed by atoms with Crippen LogP contribution in [0, 0.1) is 5.41 Å². The van der Waals surface area contributed by atoms with Crippen molar-refractivity contribution in [2.75, 3.05) is 12.4 Å². The minimum absolute atomic E-state index is 0.105. The summed E-state index contributed by atoms with van der Waals surface area (Å²) in [5, 5.41) is 25.7. The van der Waals surface area contributed by atoms with Crippen LogP contribution in [-0.2, 0) is 0 Å². The van der Waals surface area contributed by atoms with Crippen LogP contribution in [0.3, 0.4) is 0 Å². The number of halogens is 1. The number of amidine groups is 1. The Morgan fingerprint density at radius 1 is 1.56 bits per heavy atom. The third kappa shape index (κ3) is 3.38. The smallest absolute Gasteiger partial charge is 0.125 e. The molecule has 0 radical (unpaired) electrons. The van der Waals surface area contributed by atoms with Gasteiger partial charge in [0.05, 0.1) is 17.7 Å². The first-order valence-electron chi connectivity index (χ1n) is 4.61. The number of hydrogen-bond acceptors (Lipinski definition) is 4. The highest BCUT2D eigenvalue weighted by Crippen LogP contribution is 2.28. The number of nitrogen functional groups attached to an aromatic ring is 1. The number of nitrogens with two attached hydrogens (primary N) is 1. The maximum atomic E-state index is 9.23. The van der Waals surface area contributed by atoms with Gasteiger partial charge in [-0.2, -0.15) is 0 Å². The van der Waals surface area contributed by atoms with Gasteiger partial charge in [0.25, 0.3) is 0 Å². The van der Waals surface area contributed by atoms with E-state index < -0.39 is 6.10 Å². The van der Waals surface area contributed by atoms with E-state index in [-0.39, 0.29) is 12.4 Å². The second kappa shape index (κ2) is 6.10. The lowest BCUT2D eigenvalue weighted by molar-refractivity contribution is 0.113. The van der Waals surface area contributed by atoms with Gasteiger partial charge in [-0.25, -0.2) is 0 Å². The first-order valence-corrected chi connectivity index (χ1v) is 5.97. The Labute approximate surface area is 103 Å². The van der Waals surface area contributed by atoms with Crippen LogP contribution in [-0.4, -0.2) is 34.5 Å². The molecule has 1 aromatic rings. The molecular weight excluding hydrogens is 248 g/mol. The maximum Gasteiger partial charge on any atom is 0.125 e. The highest BCUT2D eigenvalue weighted by molar-refractivity contribution is 7.99. The van der Waals surface area contributed by atoms with Gasteiger partial charge in [0, 0.05) is 16.2 Å². The minimum atomic E-state index is -0.788. The molecule has 4 nitrogen and oxygen atoms in total. The number of aliphatic hydroxyl groups is 2. The number of hydrogen-bond donors (Lipinski definition) is 4. The molecule has 0 amide bonds. The van der Waals surface area contributed by atoms with E-state index >= 15 is 0 Å². The first kappa shape index (κ1) is 13.3. The third-order valence-electron chi connectivity index (χ3n) is 1.89. The average molecular weight is 261 g/mol. The Balaban J connectivity index is 2.87. The Morgan fingerprint density at radius 2 is 2.25 bits per heavy atom. The summed E-state index contributed by atoms with van der Waals surface area (Å²) in [5.41, 5.74) is 5.90. The molecule has 0 spiro atoms. The largest absolute Gasteiger partial charge is 0.394 e. The van der Waals surface area contributed by atoms with Crippen molar-refractivity contribution in [3.63, 3.8) is 0 Å². The van der Waals surface area contributed by atoms with Crippen molar-refractivity contribution < 1.29 is 10.2 Å². The minimum Gasteiger partial charge on any atom is -0.394 e. The molecule has 0 aliphatic rings. The van der Waals surface area contributed by atoms with E-state index in [2.05, 4.69) is 0 Å². The van der Waals surface area contributed by atoms with Crippen molar-refractivity contribution >= 4 is 29.2 Å². The van der Waals surface area contributed by atoms with Crippen LogP contribution >= 0.6 is 23.4 Å². The third-order valence-corrected chi connectivity index (χ3v) is 3.40. The van der Waals surface area contributed by atoms with Crippen LogP contribution < -0.4 is 5.73 Å². The Hall–Kier alpha value is -0.750. The molecule has 0 aromatic heterocycles. The van der Waals surface area contributed by atoms with Crippen LogP contribution in [0.25, 0.3) is 0 Å². The molecule has 1 atom stereocenters. The lowest BCUT2D eigenvalue weighted by Crippen LogP contribution is -2.16. The molecule has 0 saturated carbocycles. The highest BCUT2D eigenvalue weighted by atomic mass is 35.5. The van der Waals surface area contributed by atoms with Crippen LogP contribution in [0.1, 0.15) is 5.56 Å². The molecule has 1 rings (SSSR count). The quantitative estimate of drug-likeness (QED) is 0.362. The molecule has 0 bridgehead atoms. The SMILES string of the molecule is N=C(N)c1c(Cl)cccc1SCC(O)CO. The van der Waals surface area contributed by atoms with Crippen LogP contribution in [0.2, 0.25) is 5.02 Å². The van der Waals surface area contributed by atoms with Gasteiger partial charge in [-0.3, -0.25) is 5.41 Å². The summed E-state index contributed by atoms with van der Waals surface area (Å²) in [5.74, 6) is 0.225. The summed E-state index contributed by atoms with van der Waals surface area (Å²) in [7, 11) is 0. The molecule has 0 heterocycles. The predicted octanol–water partition coefficient (Wildman–Crippen LogP) is 1.07. The summed E-state index contributed by atoms with van der Waals surface area (Å²) in [6.07, 6.45) is -0.788. The van der Waals surface area contributed by atoms with Gasteiger partial charge in [-0.05, 0) is 12.1 Å². The molecule has 1 aromatic carbocycles. The zero-order valence-corrected chi connectivity index (χ0v) is 10.1. The van der Waals surface area contributed by atoms with Gasteiger partial charge >= 0.3 is 0 Å². The topological polar surface area (TPSA) is 90.3 Å². The first-order chi connectivity index (χ1) is 7.56. The van der Waals surface area contributed by atoms with Gasteiger partial charge in [-0.15, -0.1) is 11.8 Å². The van der Waals surface area contributed by atoms with E-state index in [1.54, 1.807) is 18.2 Å². The van der Waals surface area contributed by atoms with Crippen molar-refractivity contribution in [3.05, 3.63) is 28.8 Å². The molecule has 0 fully saturated rings. The number of thioether (sulfide) groups is 1. The molecule has 0 aliphatic carbocycles. The summed E-state index contributed by atoms with van der Waals surface area (Å²) in [6, 6.07) is 5.19. The van der Waals surface area contributed by atoms with Gasteiger partial charge in [0.2, 0.25) is 0 Å². The van der Waals surface area contributed by atoms with Crippen LogP contribution in [0.4, 0.5) is 0 Å². The molecule has 5 N–H and O–H groups in total. The fourth-order valence-corrected chi connectivity index (χ4v) is 2.47. The fourth-order valence-electron chi connectivity index (χ4n) is 1.12. The van der Waals surface area contributed by atoms with Crippen molar-refractivity contribution in [3.8, 4) is 0 Å². The van der Waals surface area contributed by atoms with Crippen molar-refractivity contribution in [2.45, 2.75) is 11.0 Å². The predicted molar refractivity (Wildman–Crippen MR) is 66.3 cm³/mol. The summed E-state index contributed by atoms with van der Waals surface area (Å²) in [4.78, 5) is 0.729. The van der Waals surface area contributed by atoms with Crippen molar-refractivity contribution in [2.24, 2.45) is 5.73 Å². The zero-order chi connectivity index (χ0) is 12.1. The lowest BCUT2D eigenvalue weighted by atomic mass is 10.2. The Bertz CT molecular complexity index is 387. The molecule has 1 unspecified atom stereocenters. The normalized spacial score (nSPS) is 12.4. The highest BCUT2D eigenvalue weighted by Gasteiger charge is 2.11. The zero-order valence-electron chi connectivity index (χ0n) is 8.48. The van der Waals surface area contributed by atoms with E-state index in [0.717, 1.165) is 4.90 Å². The van der Waals surface area contributed by atoms with E-state index in [4.69, 9.17) is 27.9 Å². The molecule has 88 valence electrons. The summed E-state index contributed by atoms with van der Waals surface area (Å²) in [6.45, 7) is -0.289. The van der Waals surface area contributed by atoms with E-state index in [0.29, 0.717) is 16.3 Å². The molecule has 6 heteroatoms. The Kier molecular flexibility index (Phi) is 5.08. The van der Waals surface area contributed by atoms with Crippen LogP contribution in [0.5, 0.6) is 0 Å². The molecule has 16 heavy (non-hydrogen) atoms. The number of rotatable bonds is 5. The lowest BCUT2D eigenvalue weighted by Gasteiger charge is -2.11. The number of aliphatic hydroxyl groups excluding tert-OH is 2. The van der Waals surface area contributed by atoms with Gasteiger partial charge in [0.15, 0.2) is 0 Å². The molecule has 0 aliphatic heterocycles. The Morgan fingerprint density at radius 3 is 2.81 bits per heavy atom. The summed E-state index contributed by atoms with van der Waals surface area (Å²) >= 11 is 7.23. The second-order valence-corrected chi connectivity index (χ2v) is 4.64. The van der Waals surface area contributed by atoms with Crippen molar-refractivity contribution in [1.82, 2.24) is 0 Å². The number of nitrogens with one attached hydrogen (secondary N) is 1. The summed E-state index contributed by atoms with van der Waals surface area (Å²) < 4.78 is 0. The van der Waals surface area contributed by atoms with Gasteiger partial charge in [0.1, 0.15) is 5.84 Å². The maximum absolute atomic E-state index is 9.23. The average Bonchev–Trinajstić information content (AvgIpc) is 2.25. The number of benzene rings is 1. The van der Waals surface area contributed by atoms with E-state index in [1.807, 2.05) is 0 Å². The van der Waals surface area contributed by atoms with E-state index in [9.17, 15) is 5.11 Å². The monoisotopic (exact) mass is 260 g/mol. The van der Waals surface area contributed by atoms with Crippen molar-refractivity contribution in [1.29, 1.82) is 5.41 Å². The van der Waals surface area contributed by atoms with Crippen LogP contribution in [0.15, 0.2) is 23.1 Å². The molecular formula is C10H13ClN2O2S. The van der Waals surface area contributed by atoms with Gasteiger partial charge in [-0.1, -0.05) is 17.7 Å². The standard InChI is InChI=1S/C10H13ClN2O2S/c11-7-2-1-3-8(9(7)10(12)13)16-5-6(15)4-14/h1-3,6,14-15H,4-5H2,(H3,12,13). The van der Waals surface area contributed by atoms with Gasteiger partial charge < -0.3 is 15.9 Å². The fraction of sp³-hybridized carbons (Fsp3) is 0.300.